The van der Waals surface area contributed by atoms with Crippen LogP contribution in [-0.2, 0) is 6.54 Å². The van der Waals surface area contributed by atoms with Crippen molar-refractivity contribution in [2.24, 2.45) is 0 Å². The predicted molar refractivity (Wildman–Crippen MR) is 80.8 cm³/mol. The summed E-state index contributed by atoms with van der Waals surface area (Å²) < 4.78 is 0. The molecule has 0 radical (unpaired) electrons. The molecule has 6 nitrogen and oxygen atoms in total. The summed E-state index contributed by atoms with van der Waals surface area (Å²) in [5.74, 6) is 0.543. The van der Waals surface area contributed by atoms with Crippen LogP contribution in [0.15, 0.2) is 36.9 Å². The molecule has 110 valence electrons. The summed E-state index contributed by atoms with van der Waals surface area (Å²) in [7, 11) is 0. The van der Waals surface area contributed by atoms with Gasteiger partial charge in [-0.25, -0.2) is 9.97 Å². The van der Waals surface area contributed by atoms with Crippen molar-refractivity contribution in [1.29, 1.82) is 0 Å². The van der Waals surface area contributed by atoms with E-state index in [0.29, 0.717) is 31.1 Å². The third kappa shape index (κ3) is 3.98. The molecule has 2 heterocycles. The SMILES string of the molecule is CCN(CC)C(=O)c1cnc(NCc2cccnc2)cn1. The number of aromatic nitrogens is 3. The quantitative estimate of drug-likeness (QED) is 0.878. The lowest BCUT2D eigenvalue weighted by Crippen LogP contribution is -2.31. The van der Waals surface area contributed by atoms with Gasteiger partial charge in [-0.05, 0) is 25.5 Å². The smallest absolute Gasteiger partial charge is 0.274 e. The number of hydrogen-bond donors (Lipinski definition) is 1. The highest BCUT2D eigenvalue weighted by molar-refractivity contribution is 5.92. The molecule has 0 saturated carbocycles. The number of nitrogens with zero attached hydrogens (tertiary/aromatic N) is 4. The maximum absolute atomic E-state index is 12.1. The van der Waals surface area contributed by atoms with E-state index >= 15 is 0 Å². The maximum atomic E-state index is 12.1. The molecule has 1 N–H and O–H groups in total. The van der Waals surface area contributed by atoms with E-state index in [0.717, 1.165) is 5.56 Å². The van der Waals surface area contributed by atoms with Crippen molar-refractivity contribution in [3.8, 4) is 0 Å². The molecular weight excluding hydrogens is 266 g/mol. The lowest BCUT2D eigenvalue weighted by molar-refractivity contribution is 0.0766. The Balaban J connectivity index is 1.97. The average molecular weight is 285 g/mol. The molecule has 0 aromatic carbocycles. The third-order valence-corrected chi connectivity index (χ3v) is 3.12. The van der Waals surface area contributed by atoms with Gasteiger partial charge in [0.1, 0.15) is 11.5 Å². The minimum Gasteiger partial charge on any atom is -0.365 e. The number of hydrogen-bond acceptors (Lipinski definition) is 5. The summed E-state index contributed by atoms with van der Waals surface area (Å²) in [5.41, 5.74) is 1.42. The molecule has 0 spiro atoms. The zero-order valence-corrected chi connectivity index (χ0v) is 12.3. The molecule has 1 amide bonds. The van der Waals surface area contributed by atoms with Crippen LogP contribution in [0.2, 0.25) is 0 Å². The molecule has 0 aliphatic heterocycles. The number of carbonyl (C=O) groups is 1. The Morgan fingerprint density at radius 1 is 1.19 bits per heavy atom. The van der Waals surface area contributed by atoms with Crippen LogP contribution in [0, 0.1) is 0 Å². The summed E-state index contributed by atoms with van der Waals surface area (Å²) in [5, 5.41) is 3.15. The summed E-state index contributed by atoms with van der Waals surface area (Å²) >= 11 is 0. The van der Waals surface area contributed by atoms with Crippen LogP contribution in [0.25, 0.3) is 0 Å². The Labute approximate surface area is 124 Å². The van der Waals surface area contributed by atoms with Crippen molar-refractivity contribution in [3.05, 3.63) is 48.2 Å². The second kappa shape index (κ2) is 7.33. The van der Waals surface area contributed by atoms with Gasteiger partial charge < -0.3 is 10.2 Å². The van der Waals surface area contributed by atoms with Gasteiger partial charge in [-0.2, -0.15) is 0 Å². The van der Waals surface area contributed by atoms with E-state index in [1.54, 1.807) is 23.5 Å². The number of pyridine rings is 1. The molecule has 0 atom stereocenters. The molecule has 2 rings (SSSR count). The van der Waals surface area contributed by atoms with Gasteiger partial charge in [0.2, 0.25) is 0 Å². The fraction of sp³-hybridized carbons (Fsp3) is 0.333. The average Bonchev–Trinajstić information content (AvgIpc) is 2.55. The first kappa shape index (κ1) is 14.9. The van der Waals surface area contributed by atoms with E-state index in [2.05, 4.69) is 20.3 Å². The largest absolute Gasteiger partial charge is 0.365 e. The Bertz CT molecular complexity index is 566. The van der Waals surface area contributed by atoms with Gasteiger partial charge in [0.15, 0.2) is 0 Å². The number of carbonyl (C=O) groups excluding carboxylic acids is 1. The Kier molecular flexibility index (Phi) is 5.20. The minimum absolute atomic E-state index is 0.0914. The van der Waals surface area contributed by atoms with Gasteiger partial charge in [0.05, 0.1) is 12.4 Å². The highest BCUT2D eigenvalue weighted by Gasteiger charge is 2.13. The van der Waals surface area contributed by atoms with Crippen molar-refractivity contribution >= 4 is 11.7 Å². The van der Waals surface area contributed by atoms with Crippen molar-refractivity contribution in [2.45, 2.75) is 20.4 Å². The molecule has 0 aliphatic rings. The molecule has 0 fully saturated rings. The lowest BCUT2D eigenvalue weighted by Gasteiger charge is -2.17. The standard InChI is InChI=1S/C15H19N5O/c1-3-20(4-2)15(21)13-10-19-14(11-17-13)18-9-12-6-5-7-16-8-12/h5-8,10-11H,3-4,9H2,1-2H3,(H,18,19). The summed E-state index contributed by atoms with van der Waals surface area (Å²) in [6.45, 7) is 5.83. The van der Waals surface area contributed by atoms with E-state index in [9.17, 15) is 4.79 Å². The first-order valence-corrected chi connectivity index (χ1v) is 6.98. The predicted octanol–water partition coefficient (Wildman–Crippen LogP) is 1.97. The molecule has 0 unspecified atom stereocenters. The number of nitrogens with one attached hydrogen (secondary N) is 1. The highest BCUT2D eigenvalue weighted by atomic mass is 16.2. The number of anilines is 1. The van der Waals surface area contributed by atoms with Crippen molar-refractivity contribution < 1.29 is 4.79 Å². The van der Waals surface area contributed by atoms with E-state index in [1.165, 1.54) is 6.20 Å². The summed E-state index contributed by atoms with van der Waals surface area (Å²) in [4.78, 5) is 26.3. The van der Waals surface area contributed by atoms with Crippen LogP contribution in [0.3, 0.4) is 0 Å². The normalized spacial score (nSPS) is 10.2. The van der Waals surface area contributed by atoms with Gasteiger partial charge >= 0.3 is 0 Å². The van der Waals surface area contributed by atoms with Gasteiger partial charge in [-0.1, -0.05) is 6.07 Å². The fourth-order valence-corrected chi connectivity index (χ4v) is 1.90. The first-order valence-electron chi connectivity index (χ1n) is 6.98. The first-order chi connectivity index (χ1) is 10.2. The monoisotopic (exact) mass is 285 g/mol. The lowest BCUT2D eigenvalue weighted by atomic mass is 10.3. The van der Waals surface area contributed by atoms with E-state index < -0.39 is 0 Å². The fourth-order valence-electron chi connectivity index (χ4n) is 1.90. The molecule has 2 aromatic rings. The zero-order chi connectivity index (χ0) is 15.1. The van der Waals surface area contributed by atoms with Gasteiger partial charge in [0.25, 0.3) is 5.91 Å². The van der Waals surface area contributed by atoms with E-state index in [4.69, 9.17) is 0 Å². The van der Waals surface area contributed by atoms with Crippen molar-refractivity contribution in [2.75, 3.05) is 18.4 Å². The van der Waals surface area contributed by atoms with Gasteiger partial charge in [-0.15, -0.1) is 0 Å². The van der Waals surface area contributed by atoms with Gasteiger partial charge in [-0.3, -0.25) is 9.78 Å². The Morgan fingerprint density at radius 3 is 2.57 bits per heavy atom. The molecule has 0 bridgehead atoms. The second-order valence-corrected chi connectivity index (χ2v) is 4.48. The highest BCUT2D eigenvalue weighted by Crippen LogP contribution is 2.06. The minimum atomic E-state index is -0.0914. The molecule has 0 saturated heterocycles. The topological polar surface area (TPSA) is 71.0 Å². The van der Waals surface area contributed by atoms with Crippen LogP contribution in [0.4, 0.5) is 5.82 Å². The van der Waals surface area contributed by atoms with E-state index in [1.807, 2.05) is 26.0 Å². The van der Waals surface area contributed by atoms with Crippen LogP contribution >= 0.6 is 0 Å². The zero-order valence-electron chi connectivity index (χ0n) is 12.3. The van der Waals surface area contributed by atoms with Crippen LogP contribution in [0.1, 0.15) is 29.9 Å². The second-order valence-electron chi connectivity index (χ2n) is 4.48. The number of amides is 1. The molecule has 21 heavy (non-hydrogen) atoms. The van der Waals surface area contributed by atoms with Crippen LogP contribution in [0.5, 0.6) is 0 Å². The third-order valence-electron chi connectivity index (χ3n) is 3.12. The van der Waals surface area contributed by atoms with Gasteiger partial charge in [0, 0.05) is 32.0 Å². The Hall–Kier alpha value is -2.50. The van der Waals surface area contributed by atoms with Crippen molar-refractivity contribution in [3.63, 3.8) is 0 Å². The Morgan fingerprint density at radius 2 is 2.00 bits per heavy atom. The van der Waals surface area contributed by atoms with E-state index in [-0.39, 0.29) is 5.91 Å². The van der Waals surface area contributed by atoms with Crippen LogP contribution < -0.4 is 5.32 Å². The number of rotatable bonds is 6. The molecule has 6 heteroatoms. The summed E-state index contributed by atoms with van der Waals surface area (Å²) in [6.07, 6.45) is 6.61. The molecule has 0 aliphatic carbocycles. The maximum Gasteiger partial charge on any atom is 0.274 e. The van der Waals surface area contributed by atoms with Crippen LogP contribution in [-0.4, -0.2) is 38.8 Å². The summed E-state index contributed by atoms with van der Waals surface area (Å²) in [6, 6.07) is 3.86. The molecule has 2 aromatic heterocycles. The van der Waals surface area contributed by atoms with Crippen molar-refractivity contribution in [1.82, 2.24) is 19.9 Å². The molecular formula is C15H19N5O.